The van der Waals surface area contributed by atoms with Gasteiger partial charge >= 0.3 is 11.9 Å². The second-order valence-corrected chi connectivity index (χ2v) is 6.65. The number of hydrogen-bond acceptors (Lipinski definition) is 5. The van der Waals surface area contributed by atoms with E-state index in [9.17, 15) is 14.4 Å². The second-order valence-electron chi connectivity index (χ2n) is 4.28. The SMILES string of the molecule is CCOC(=O)CC[C@H](NC(=O)c1cc(C)c(Br)s1)C(=O)O. The van der Waals surface area contributed by atoms with Crippen molar-refractivity contribution in [2.24, 2.45) is 0 Å². The fourth-order valence-electron chi connectivity index (χ4n) is 1.55. The first-order valence-corrected chi connectivity index (χ1v) is 7.91. The molecule has 0 aliphatic heterocycles. The van der Waals surface area contributed by atoms with E-state index >= 15 is 0 Å². The average Bonchev–Trinajstić information content (AvgIpc) is 2.74. The first-order valence-electron chi connectivity index (χ1n) is 6.30. The third-order valence-corrected chi connectivity index (χ3v) is 4.76. The monoisotopic (exact) mass is 377 g/mol. The minimum atomic E-state index is -1.18. The van der Waals surface area contributed by atoms with Crippen LogP contribution in [0.4, 0.5) is 0 Å². The van der Waals surface area contributed by atoms with Crippen molar-refractivity contribution in [2.75, 3.05) is 6.61 Å². The van der Waals surface area contributed by atoms with Crippen molar-refractivity contribution in [3.05, 3.63) is 20.3 Å². The molecule has 2 N–H and O–H groups in total. The summed E-state index contributed by atoms with van der Waals surface area (Å²) in [6.45, 7) is 3.75. The number of rotatable bonds is 7. The normalized spacial score (nSPS) is 11.8. The van der Waals surface area contributed by atoms with E-state index in [0.29, 0.717) is 4.88 Å². The Kier molecular flexibility index (Phi) is 6.83. The van der Waals surface area contributed by atoms with Crippen molar-refractivity contribution in [1.82, 2.24) is 5.32 Å². The van der Waals surface area contributed by atoms with Gasteiger partial charge in [-0.3, -0.25) is 9.59 Å². The zero-order valence-electron chi connectivity index (χ0n) is 11.6. The lowest BCUT2D eigenvalue weighted by atomic mass is 10.1. The topological polar surface area (TPSA) is 92.7 Å². The maximum Gasteiger partial charge on any atom is 0.326 e. The van der Waals surface area contributed by atoms with E-state index in [1.165, 1.54) is 11.3 Å². The molecule has 1 rings (SSSR count). The van der Waals surface area contributed by atoms with E-state index in [1.54, 1.807) is 13.0 Å². The van der Waals surface area contributed by atoms with E-state index in [-0.39, 0.29) is 19.4 Å². The Balaban J connectivity index is 2.63. The second kappa shape index (κ2) is 8.14. The number of carboxylic acids is 1. The van der Waals surface area contributed by atoms with Gasteiger partial charge in [0.05, 0.1) is 15.3 Å². The van der Waals surface area contributed by atoms with Crippen LogP contribution in [0.15, 0.2) is 9.85 Å². The molecule has 1 atom stereocenters. The molecule has 8 heteroatoms. The van der Waals surface area contributed by atoms with Crippen molar-refractivity contribution in [3.8, 4) is 0 Å². The number of carbonyl (C=O) groups is 3. The molecule has 1 heterocycles. The molecule has 0 aromatic carbocycles. The highest BCUT2D eigenvalue weighted by Gasteiger charge is 2.23. The number of aliphatic carboxylic acids is 1. The standard InChI is InChI=1S/C13H16BrNO5S/c1-3-20-10(16)5-4-8(13(18)19)15-12(17)9-6-7(2)11(14)21-9/h6,8H,3-5H2,1-2H3,(H,15,17)(H,18,19)/t8-/m0/s1. The van der Waals surface area contributed by atoms with Gasteiger partial charge in [0.25, 0.3) is 5.91 Å². The summed E-state index contributed by atoms with van der Waals surface area (Å²) in [5.74, 6) is -2.13. The number of carboxylic acid groups (broad SMARTS) is 1. The molecule has 1 aromatic heterocycles. The van der Waals surface area contributed by atoms with Crippen LogP contribution in [-0.4, -0.2) is 35.6 Å². The summed E-state index contributed by atoms with van der Waals surface area (Å²) in [6.07, 6.45) is -0.0658. The number of hydrogen-bond donors (Lipinski definition) is 2. The number of nitrogens with one attached hydrogen (secondary N) is 1. The summed E-state index contributed by atoms with van der Waals surface area (Å²) in [5.41, 5.74) is 0.906. The molecule has 116 valence electrons. The number of halogens is 1. The Hall–Kier alpha value is -1.41. The highest BCUT2D eigenvalue weighted by atomic mass is 79.9. The quantitative estimate of drug-likeness (QED) is 0.711. The minimum absolute atomic E-state index is 0.00850. The van der Waals surface area contributed by atoms with Crippen molar-refractivity contribution < 1.29 is 24.2 Å². The number of carbonyl (C=O) groups excluding carboxylic acids is 2. The zero-order chi connectivity index (χ0) is 16.0. The Labute approximate surface area is 134 Å². The van der Waals surface area contributed by atoms with Crippen LogP contribution in [0.2, 0.25) is 0 Å². The molecule has 1 aromatic rings. The smallest absolute Gasteiger partial charge is 0.326 e. The van der Waals surface area contributed by atoms with Gasteiger partial charge in [0.15, 0.2) is 0 Å². The third-order valence-electron chi connectivity index (χ3n) is 2.63. The Morgan fingerprint density at radius 1 is 1.48 bits per heavy atom. The zero-order valence-corrected chi connectivity index (χ0v) is 14.0. The maximum atomic E-state index is 12.0. The Morgan fingerprint density at radius 3 is 2.62 bits per heavy atom. The molecule has 0 bridgehead atoms. The average molecular weight is 378 g/mol. The Bertz CT molecular complexity index is 523. The first kappa shape index (κ1) is 17.6. The molecular formula is C13H16BrNO5S. The van der Waals surface area contributed by atoms with Crippen molar-refractivity contribution in [1.29, 1.82) is 0 Å². The fourth-order valence-corrected chi connectivity index (χ4v) is 2.99. The van der Waals surface area contributed by atoms with E-state index < -0.39 is 23.9 Å². The molecule has 0 saturated carbocycles. The summed E-state index contributed by atoms with van der Waals surface area (Å²) in [4.78, 5) is 34.8. The molecule has 0 saturated heterocycles. The van der Waals surface area contributed by atoms with Crippen molar-refractivity contribution in [2.45, 2.75) is 32.7 Å². The van der Waals surface area contributed by atoms with Gasteiger partial charge in [-0.1, -0.05) is 0 Å². The van der Waals surface area contributed by atoms with Gasteiger partial charge in [0.1, 0.15) is 6.04 Å². The van der Waals surface area contributed by atoms with Gasteiger partial charge in [-0.25, -0.2) is 4.79 Å². The summed E-state index contributed by atoms with van der Waals surface area (Å²) in [6, 6.07) is 0.553. The minimum Gasteiger partial charge on any atom is -0.480 e. The van der Waals surface area contributed by atoms with Crippen molar-refractivity contribution in [3.63, 3.8) is 0 Å². The van der Waals surface area contributed by atoms with Gasteiger partial charge in [-0.15, -0.1) is 11.3 Å². The van der Waals surface area contributed by atoms with Gasteiger partial charge in [-0.05, 0) is 47.8 Å². The van der Waals surface area contributed by atoms with Gasteiger partial charge in [-0.2, -0.15) is 0 Å². The number of ether oxygens (including phenoxy) is 1. The number of thiophene rings is 1. The summed E-state index contributed by atoms with van der Waals surface area (Å²) in [7, 11) is 0. The van der Waals surface area contributed by atoms with E-state index in [4.69, 9.17) is 9.84 Å². The molecule has 0 radical (unpaired) electrons. The van der Waals surface area contributed by atoms with Crippen LogP contribution in [0.1, 0.15) is 35.0 Å². The molecule has 0 fully saturated rings. The van der Waals surface area contributed by atoms with Crippen LogP contribution in [0.25, 0.3) is 0 Å². The van der Waals surface area contributed by atoms with Gasteiger partial charge < -0.3 is 15.2 Å². The molecule has 1 amide bonds. The molecule has 0 spiro atoms. The highest BCUT2D eigenvalue weighted by molar-refractivity contribution is 9.11. The predicted molar refractivity (Wildman–Crippen MR) is 81.5 cm³/mol. The lowest BCUT2D eigenvalue weighted by Crippen LogP contribution is -2.40. The van der Waals surface area contributed by atoms with Crippen LogP contribution >= 0.6 is 27.3 Å². The largest absolute Gasteiger partial charge is 0.480 e. The van der Waals surface area contributed by atoms with Crippen LogP contribution in [0.5, 0.6) is 0 Å². The van der Waals surface area contributed by atoms with Crippen LogP contribution in [0.3, 0.4) is 0 Å². The molecule has 0 aliphatic carbocycles. The fraction of sp³-hybridized carbons (Fsp3) is 0.462. The Morgan fingerprint density at radius 2 is 2.14 bits per heavy atom. The van der Waals surface area contributed by atoms with Crippen LogP contribution in [0, 0.1) is 6.92 Å². The molecule has 0 aliphatic rings. The maximum absolute atomic E-state index is 12.0. The highest BCUT2D eigenvalue weighted by Crippen LogP contribution is 2.27. The summed E-state index contributed by atoms with van der Waals surface area (Å²) >= 11 is 4.54. The van der Waals surface area contributed by atoms with E-state index in [2.05, 4.69) is 21.2 Å². The summed E-state index contributed by atoms with van der Waals surface area (Å²) < 4.78 is 5.56. The van der Waals surface area contributed by atoms with Crippen LogP contribution in [-0.2, 0) is 14.3 Å². The lowest BCUT2D eigenvalue weighted by Gasteiger charge is -2.13. The van der Waals surface area contributed by atoms with Gasteiger partial charge in [0.2, 0.25) is 0 Å². The molecule has 21 heavy (non-hydrogen) atoms. The molecule has 6 nitrogen and oxygen atoms in total. The number of amides is 1. The van der Waals surface area contributed by atoms with Crippen molar-refractivity contribution >= 4 is 45.1 Å². The van der Waals surface area contributed by atoms with E-state index in [1.807, 2.05) is 6.92 Å². The molecule has 0 unspecified atom stereocenters. The molecular weight excluding hydrogens is 362 g/mol. The number of aryl methyl sites for hydroxylation is 1. The van der Waals surface area contributed by atoms with E-state index in [0.717, 1.165) is 9.35 Å². The third kappa shape index (κ3) is 5.47. The summed E-state index contributed by atoms with van der Waals surface area (Å²) in [5, 5.41) is 11.5. The lowest BCUT2D eigenvalue weighted by molar-refractivity contribution is -0.144. The predicted octanol–water partition coefficient (Wildman–Crippen LogP) is 2.35. The first-order chi connectivity index (χ1) is 9.85. The number of esters is 1. The van der Waals surface area contributed by atoms with Crippen LogP contribution < -0.4 is 5.32 Å². The van der Waals surface area contributed by atoms with Gasteiger partial charge in [0, 0.05) is 6.42 Å².